The van der Waals surface area contributed by atoms with Crippen molar-refractivity contribution in [2.75, 3.05) is 32.2 Å². The highest BCUT2D eigenvalue weighted by atomic mass is 16.5. The lowest BCUT2D eigenvalue weighted by Gasteiger charge is -2.08. The minimum atomic E-state index is -0.133. The lowest BCUT2D eigenvalue weighted by molar-refractivity contribution is 0.0948. The van der Waals surface area contributed by atoms with Gasteiger partial charge in [-0.3, -0.25) is 4.79 Å². The second kappa shape index (κ2) is 9.52. The molecule has 0 saturated heterocycles. The highest BCUT2D eigenvalue weighted by molar-refractivity contribution is 5.94. The van der Waals surface area contributed by atoms with Gasteiger partial charge in [-0.1, -0.05) is 0 Å². The van der Waals surface area contributed by atoms with E-state index in [1.807, 2.05) is 31.2 Å². The molecule has 1 heterocycles. The van der Waals surface area contributed by atoms with Crippen molar-refractivity contribution in [2.24, 2.45) is 0 Å². The maximum Gasteiger partial charge on any atom is 0.252 e. The smallest absolute Gasteiger partial charge is 0.252 e. The summed E-state index contributed by atoms with van der Waals surface area (Å²) >= 11 is 0. The lowest BCUT2D eigenvalue weighted by atomic mass is 10.2. The predicted octanol–water partition coefficient (Wildman–Crippen LogP) is 2.99. The Hall–Kier alpha value is -2.60. The van der Waals surface area contributed by atoms with Gasteiger partial charge in [-0.15, -0.1) is 0 Å². The van der Waals surface area contributed by atoms with Gasteiger partial charge in [0.1, 0.15) is 11.6 Å². The first-order valence-electron chi connectivity index (χ1n) is 7.96. The number of hydrogen-bond donors (Lipinski definition) is 2. The third-order valence-electron chi connectivity index (χ3n) is 3.27. The van der Waals surface area contributed by atoms with Crippen molar-refractivity contribution in [2.45, 2.75) is 13.3 Å². The van der Waals surface area contributed by atoms with Crippen molar-refractivity contribution in [3.05, 3.63) is 48.2 Å². The third-order valence-corrected chi connectivity index (χ3v) is 3.27. The molecule has 0 fully saturated rings. The van der Waals surface area contributed by atoms with Gasteiger partial charge in [0.15, 0.2) is 0 Å². The number of carbonyl (C=O) groups excluding carboxylic acids is 1. The monoisotopic (exact) mass is 329 g/mol. The molecule has 0 bridgehead atoms. The van der Waals surface area contributed by atoms with Crippen LogP contribution in [-0.2, 0) is 4.74 Å². The second-order valence-corrected chi connectivity index (χ2v) is 5.12. The molecule has 0 atom stereocenters. The van der Waals surface area contributed by atoms with Crippen LogP contribution in [0.25, 0.3) is 0 Å². The number of amides is 1. The Morgan fingerprint density at radius 3 is 2.58 bits per heavy atom. The molecule has 0 spiro atoms. The first-order valence-corrected chi connectivity index (χ1v) is 7.96. The van der Waals surface area contributed by atoms with Crippen LogP contribution in [0.5, 0.6) is 5.75 Å². The predicted molar refractivity (Wildman–Crippen MR) is 94.0 cm³/mol. The number of carbonyl (C=O) groups is 1. The molecule has 6 heteroatoms. The summed E-state index contributed by atoms with van der Waals surface area (Å²) in [5, 5.41) is 6.01. The van der Waals surface area contributed by atoms with E-state index >= 15 is 0 Å². The zero-order valence-electron chi connectivity index (χ0n) is 14.0. The van der Waals surface area contributed by atoms with Gasteiger partial charge in [-0.25, -0.2) is 4.98 Å². The van der Waals surface area contributed by atoms with E-state index in [2.05, 4.69) is 15.6 Å². The largest absolute Gasteiger partial charge is 0.494 e. The number of ether oxygens (including phenoxy) is 2. The number of anilines is 2. The summed E-state index contributed by atoms with van der Waals surface area (Å²) in [5.74, 6) is 1.37. The fraction of sp³-hybridized carbons (Fsp3) is 0.333. The minimum Gasteiger partial charge on any atom is -0.494 e. The summed E-state index contributed by atoms with van der Waals surface area (Å²) in [4.78, 5) is 16.2. The summed E-state index contributed by atoms with van der Waals surface area (Å²) in [6, 6.07) is 11.2. The normalized spacial score (nSPS) is 10.2. The molecule has 0 saturated carbocycles. The van der Waals surface area contributed by atoms with Gasteiger partial charge in [0.05, 0.1) is 12.2 Å². The van der Waals surface area contributed by atoms with E-state index < -0.39 is 0 Å². The highest BCUT2D eigenvalue weighted by Crippen LogP contribution is 2.19. The van der Waals surface area contributed by atoms with Crippen LogP contribution in [-0.4, -0.2) is 37.8 Å². The molecule has 128 valence electrons. The number of pyridine rings is 1. The number of aromatic nitrogens is 1. The lowest BCUT2D eigenvalue weighted by Crippen LogP contribution is -2.25. The maximum absolute atomic E-state index is 12.0. The average Bonchev–Trinajstić information content (AvgIpc) is 2.61. The number of nitrogens with one attached hydrogen (secondary N) is 2. The fourth-order valence-electron chi connectivity index (χ4n) is 2.07. The zero-order valence-corrected chi connectivity index (χ0v) is 14.0. The number of benzene rings is 1. The maximum atomic E-state index is 12.0. The molecular weight excluding hydrogens is 306 g/mol. The Bertz CT molecular complexity index is 627. The molecule has 24 heavy (non-hydrogen) atoms. The molecule has 2 rings (SSSR count). The first-order chi connectivity index (χ1) is 11.7. The van der Waals surface area contributed by atoms with Crippen LogP contribution in [0.2, 0.25) is 0 Å². The van der Waals surface area contributed by atoms with Gasteiger partial charge in [-0.05, 0) is 49.7 Å². The quantitative estimate of drug-likeness (QED) is 0.692. The number of rotatable bonds is 9. The fourth-order valence-corrected chi connectivity index (χ4v) is 2.07. The van der Waals surface area contributed by atoms with Gasteiger partial charge in [0, 0.05) is 32.1 Å². The van der Waals surface area contributed by atoms with E-state index in [1.165, 1.54) is 0 Å². The molecule has 0 radical (unpaired) electrons. The van der Waals surface area contributed by atoms with Crippen molar-refractivity contribution in [3.8, 4) is 5.75 Å². The Morgan fingerprint density at radius 1 is 1.17 bits per heavy atom. The number of nitrogens with zero attached hydrogens (tertiary/aromatic N) is 1. The molecule has 2 aromatic rings. The van der Waals surface area contributed by atoms with E-state index in [0.29, 0.717) is 31.1 Å². The van der Waals surface area contributed by atoms with Crippen LogP contribution < -0.4 is 15.4 Å². The van der Waals surface area contributed by atoms with Crippen molar-refractivity contribution in [1.29, 1.82) is 0 Å². The van der Waals surface area contributed by atoms with Gasteiger partial charge in [0.2, 0.25) is 0 Å². The van der Waals surface area contributed by atoms with Crippen LogP contribution in [0.4, 0.5) is 11.5 Å². The van der Waals surface area contributed by atoms with Crippen LogP contribution in [0, 0.1) is 0 Å². The molecule has 1 amide bonds. The number of hydrogen-bond acceptors (Lipinski definition) is 5. The van der Waals surface area contributed by atoms with Crippen molar-refractivity contribution in [1.82, 2.24) is 10.3 Å². The summed E-state index contributed by atoms with van der Waals surface area (Å²) < 4.78 is 10.3. The van der Waals surface area contributed by atoms with Gasteiger partial charge >= 0.3 is 0 Å². The third kappa shape index (κ3) is 5.55. The van der Waals surface area contributed by atoms with Crippen molar-refractivity contribution < 1.29 is 14.3 Å². The second-order valence-electron chi connectivity index (χ2n) is 5.12. The van der Waals surface area contributed by atoms with Gasteiger partial charge in [0.25, 0.3) is 5.91 Å². The van der Waals surface area contributed by atoms with Crippen LogP contribution in [0.1, 0.15) is 23.7 Å². The molecule has 0 aliphatic heterocycles. The Kier molecular flexibility index (Phi) is 7.04. The Labute approximate surface area is 142 Å². The van der Waals surface area contributed by atoms with Gasteiger partial charge < -0.3 is 20.1 Å². The van der Waals surface area contributed by atoms with Crippen LogP contribution >= 0.6 is 0 Å². The van der Waals surface area contributed by atoms with E-state index in [9.17, 15) is 4.79 Å². The SMILES string of the molecule is CCOc1ccc(Nc2ccc(C(=O)NCCCOC)cn2)cc1. The average molecular weight is 329 g/mol. The number of methoxy groups -OCH3 is 1. The molecule has 6 nitrogen and oxygen atoms in total. The van der Waals surface area contributed by atoms with E-state index in [-0.39, 0.29) is 5.91 Å². The van der Waals surface area contributed by atoms with Crippen molar-refractivity contribution in [3.63, 3.8) is 0 Å². The molecule has 1 aromatic heterocycles. The Morgan fingerprint density at radius 2 is 1.96 bits per heavy atom. The van der Waals surface area contributed by atoms with Crippen LogP contribution in [0.15, 0.2) is 42.6 Å². The molecule has 1 aromatic carbocycles. The van der Waals surface area contributed by atoms with Crippen LogP contribution in [0.3, 0.4) is 0 Å². The summed E-state index contributed by atoms with van der Waals surface area (Å²) in [6.45, 7) is 3.80. The minimum absolute atomic E-state index is 0.133. The molecule has 0 unspecified atom stereocenters. The van der Waals surface area contributed by atoms with E-state index in [0.717, 1.165) is 17.9 Å². The summed E-state index contributed by atoms with van der Waals surface area (Å²) in [7, 11) is 1.64. The standard InChI is InChI=1S/C18H23N3O3/c1-3-24-16-8-6-15(7-9-16)21-17-10-5-14(13-20-17)18(22)19-11-4-12-23-2/h5-10,13H,3-4,11-12H2,1-2H3,(H,19,22)(H,20,21). The molecular formula is C18H23N3O3. The molecule has 0 aliphatic carbocycles. The first kappa shape index (κ1) is 17.7. The van der Waals surface area contributed by atoms with Gasteiger partial charge in [-0.2, -0.15) is 0 Å². The van der Waals surface area contributed by atoms with Crippen molar-refractivity contribution >= 4 is 17.4 Å². The molecule has 2 N–H and O–H groups in total. The summed E-state index contributed by atoms with van der Waals surface area (Å²) in [6.07, 6.45) is 2.34. The Balaban J connectivity index is 1.88. The molecule has 0 aliphatic rings. The summed E-state index contributed by atoms with van der Waals surface area (Å²) in [5.41, 5.74) is 1.44. The zero-order chi connectivity index (χ0) is 17.2. The van der Waals surface area contributed by atoms with E-state index in [1.54, 1.807) is 25.4 Å². The van der Waals surface area contributed by atoms with E-state index in [4.69, 9.17) is 9.47 Å². The topological polar surface area (TPSA) is 72.5 Å². The highest BCUT2D eigenvalue weighted by Gasteiger charge is 2.05.